The smallest absolute Gasteiger partial charge is 0.259 e. The van der Waals surface area contributed by atoms with Crippen LogP contribution in [0, 0.1) is 18.3 Å². The summed E-state index contributed by atoms with van der Waals surface area (Å²) in [4.78, 5) is 26.5. The van der Waals surface area contributed by atoms with Gasteiger partial charge in [-0.1, -0.05) is 6.07 Å². The van der Waals surface area contributed by atoms with Crippen LogP contribution in [0.4, 0.5) is 5.69 Å². The molecule has 0 radical (unpaired) electrons. The van der Waals surface area contributed by atoms with Crippen LogP contribution in [0.1, 0.15) is 21.7 Å². The monoisotopic (exact) mass is 392 g/mol. The number of furan rings is 1. The van der Waals surface area contributed by atoms with Gasteiger partial charge in [-0.05, 0) is 31.2 Å². The molecule has 0 aliphatic rings. The highest BCUT2D eigenvalue weighted by molar-refractivity contribution is 6.01. The second-order valence-electron chi connectivity index (χ2n) is 6.36. The van der Waals surface area contributed by atoms with E-state index in [4.69, 9.17) is 9.15 Å². The standard InChI is InChI=1S/C21H20N4O4/c1-14-19(17(12-22)21(29-14)25-9-4-5-10-25)20(27)24(2)13-18(26)23-15-7-6-8-16(11-15)28-3/h4-11H,13H2,1-3H3,(H,23,26). The van der Waals surface area contributed by atoms with Crippen LogP contribution in [-0.4, -0.2) is 42.0 Å². The summed E-state index contributed by atoms with van der Waals surface area (Å²) in [6, 6.07) is 12.5. The average Bonchev–Trinajstić information content (AvgIpc) is 3.34. The second-order valence-corrected chi connectivity index (χ2v) is 6.36. The quantitative estimate of drug-likeness (QED) is 0.695. The highest BCUT2D eigenvalue weighted by atomic mass is 16.5. The van der Waals surface area contributed by atoms with Crippen LogP contribution in [0.2, 0.25) is 0 Å². The predicted molar refractivity (Wildman–Crippen MR) is 106 cm³/mol. The highest BCUT2D eigenvalue weighted by Gasteiger charge is 2.27. The zero-order valence-corrected chi connectivity index (χ0v) is 16.3. The Morgan fingerprint density at radius 1 is 1.28 bits per heavy atom. The highest BCUT2D eigenvalue weighted by Crippen LogP contribution is 2.26. The fourth-order valence-corrected chi connectivity index (χ4v) is 2.92. The van der Waals surface area contributed by atoms with E-state index < -0.39 is 5.91 Å². The molecule has 0 bridgehead atoms. The molecule has 0 unspecified atom stereocenters. The number of carbonyl (C=O) groups is 2. The molecular weight excluding hydrogens is 372 g/mol. The van der Waals surface area contributed by atoms with Gasteiger partial charge in [-0.2, -0.15) is 5.26 Å². The summed E-state index contributed by atoms with van der Waals surface area (Å²) in [5.41, 5.74) is 0.832. The molecular formula is C21H20N4O4. The van der Waals surface area contributed by atoms with Gasteiger partial charge < -0.3 is 19.4 Å². The van der Waals surface area contributed by atoms with Crippen LogP contribution in [-0.2, 0) is 4.79 Å². The Morgan fingerprint density at radius 2 is 2.00 bits per heavy atom. The lowest BCUT2D eigenvalue weighted by atomic mass is 10.1. The van der Waals surface area contributed by atoms with Gasteiger partial charge in [0, 0.05) is 31.2 Å². The van der Waals surface area contributed by atoms with Crippen LogP contribution >= 0.6 is 0 Å². The van der Waals surface area contributed by atoms with E-state index in [0.29, 0.717) is 17.2 Å². The molecule has 29 heavy (non-hydrogen) atoms. The molecule has 8 heteroatoms. The number of methoxy groups -OCH3 is 1. The number of anilines is 1. The zero-order chi connectivity index (χ0) is 21.0. The van der Waals surface area contributed by atoms with Crippen LogP contribution in [0.15, 0.2) is 53.2 Å². The fraction of sp³-hybridized carbons (Fsp3) is 0.190. The summed E-state index contributed by atoms with van der Waals surface area (Å²) in [6.45, 7) is 1.43. The third-order valence-corrected chi connectivity index (χ3v) is 4.31. The third kappa shape index (κ3) is 4.14. The minimum Gasteiger partial charge on any atom is -0.497 e. The van der Waals surface area contributed by atoms with E-state index in [2.05, 4.69) is 5.32 Å². The molecule has 8 nitrogen and oxygen atoms in total. The number of benzene rings is 1. The molecule has 3 rings (SSSR count). The number of ether oxygens (including phenoxy) is 1. The van der Waals surface area contributed by atoms with Crippen LogP contribution in [0.3, 0.4) is 0 Å². The lowest BCUT2D eigenvalue weighted by molar-refractivity contribution is -0.116. The Labute approximate surface area is 167 Å². The van der Waals surface area contributed by atoms with E-state index in [0.717, 1.165) is 0 Å². The number of hydrogen-bond donors (Lipinski definition) is 1. The minimum absolute atomic E-state index is 0.128. The molecule has 1 N–H and O–H groups in total. The number of aromatic nitrogens is 1. The lowest BCUT2D eigenvalue weighted by Crippen LogP contribution is -2.35. The number of hydrogen-bond acceptors (Lipinski definition) is 5. The van der Waals surface area contributed by atoms with Crippen molar-refractivity contribution in [1.29, 1.82) is 5.26 Å². The first-order valence-corrected chi connectivity index (χ1v) is 8.80. The molecule has 2 aromatic heterocycles. The van der Waals surface area contributed by atoms with Crippen molar-refractivity contribution in [2.75, 3.05) is 26.0 Å². The number of rotatable bonds is 6. The largest absolute Gasteiger partial charge is 0.497 e. The number of nitrogens with zero attached hydrogens (tertiary/aromatic N) is 3. The maximum absolute atomic E-state index is 12.9. The summed E-state index contributed by atoms with van der Waals surface area (Å²) in [7, 11) is 3.03. The van der Waals surface area contributed by atoms with Gasteiger partial charge in [0.1, 0.15) is 28.7 Å². The van der Waals surface area contributed by atoms with E-state index >= 15 is 0 Å². The zero-order valence-electron chi connectivity index (χ0n) is 16.3. The van der Waals surface area contributed by atoms with Crippen molar-refractivity contribution in [1.82, 2.24) is 9.47 Å². The molecule has 0 spiro atoms. The predicted octanol–water partition coefficient (Wildman–Crippen LogP) is 2.97. The summed E-state index contributed by atoms with van der Waals surface area (Å²) >= 11 is 0. The molecule has 0 saturated heterocycles. The Bertz CT molecular complexity index is 1080. The Kier molecular flexibility index (Phi) is 5.69. The van der Waals surface area contributed by atoms with Crippen molar-refractivity contribution in [3.8, 4) is 17.7 Å². The van der Waals surface area contributed by atoms with E-state index in [9.17, 15) is 14.9 Å². The van der Waals surface area contributed by atoms with Gasteiger partial charge in [0.15, 0.2) is 0 Å². The summed E-state index contributed by atoms with van der Waals surface area (Å²) in [6.07, 6.45) is 3.44. The number of likely N-dealkylation sites (N-methyl/N-ethyl adjacent to an activating group) is 1. The van der Waals surface area contributed by atoms with Gasteiger partial charge in [-0.25, -0.2) is 0 Å². The first-order valence-electron chi connectivity index (χ1n) is 8.80. The van der Waals surface area contributed by atoms with Crippen molar-refractivity contribution in [2.45, 2.75) is 6.92 Å². The van der Waals surface area contributed by atoms with Crippen molar-refractivity contribution in [3.05, 3.63) is 65.7 Å². The molecule has 2 heterocycles. The summed E-state index contributed by atoms with van der Waals surface area (Å²) < 4.78 is 12.4. The maximum atomic E-state index is 12.9. The molecule has 0 fully saturated rings. The van der Waals surface area contributed by atoms with Gasteiger partial charge in [0.2, 0.25) is 11.8 Å². The second kappa shape index (κ2) is 8.35. The van der Waals surface area contributed by atoms with E-state index in [1.54, 1.807) is 60.3 Å². The van der Waals surface area contributed by atoms with Crippen LogP contribution in [0.5, 0.6) is 5.75 Å². The van der Waals surface area contributed by atoms with Crippen molar-refractivity contribution in [3.63, 3.8) is 0 Å². The van der Waals surface area contributed by atoms with E-state index in [1.807, 2.05) is 6.07 Å². The average molecular weight is 392 g/mol. The first-order chi connectivity index (χ1) is 13.9. The van der Waals surface area contributed by atoms with Gasteiger partial charge >= 0.3 is 0 Å². The fourth-order valence-electron chi connectivity index (χ4n) is 2.92. The number of carbonyl (C=O) groups excluding carboxylic acids is 2. The van der Waals surface area contributed by atoms with E-state index in [1.165, 1.54) is 19.1 Å². The molecule has 3 aromatic rings. The maximum Gasteiger partial charge on any atom is 0.259 e. The minimum atomic E-state index is -0.470. The SMILES string of the molecule is COc1cccc(NC(=O)CN(C)C(=O)c2c(C)oc(-n3cccc3)c2C#N)c1. The lowest BCUT2D eigenvalue weighted by Gasteiger charge is -2.17. The van der Waals surface area contributed by atoms with Crippen molar-refractivity contribution >= 4 is 17.5 Å². The van der Waals surface area contributed by atoms with Gasteiger partial charge in [-0.15, -0.1) is 0 Å². The molecule has 0 atom stereocenters. The molecule has 0 aliphatic carbocycles. The topological polar surface area (TPSA) is 100 Å². The number of nitriles is 1. The summed E-state index contributed by atoms with van der Waals surface area (Å²) in [5, 5.41) is 12.3. The number of aryl methyl sites for hydroxylation is 1. The summed E-state index contributed by atoms with van der Waals surface area (Å²) in [5.74, 6) is 0.349. The molecule has 2 amide bonds. The number of amides is 2. The van der Waals surface area contributed by atoms with Gasteiger partial charge in [0.25, 0.3) is 5.91 Å². The molecule has 148 valence electrons. The van der Waals surface area contributed by atoms with Crippen molar-refractivity contribution in [2.24, 2.45) is 0 Å². The number of nitrogens with one attached hydrogen (secondary N) is 1. The Morgan fingerprint density at radius 3 is 2.66 bits per heavy atom. The molecule has 0 aliphatic heterocycles. The molecule has 0 saturated carbocycles. The van der Waals surface area contributed by atoms with Gasteiger partial charge in [0.05, 0.1) is 13.7 Å². The third-order valence-electron chi connectivity index (χ3n) is 4.31. The van der Waals surface area contributed by atoms with Gasteiger partial charge in [-0.3, -0.25) is 14.2 Å². The molecule has 1 aromatic carbocycles. The van der Waals surface area contributed by atoms with Crippen LogP contribution < -0.4 is 10.1 Å². The Hall–Kier alpha value is -3.99. The normalized spacial score (nSPS) is 10.3. The van der Waals surface area contributed by atoms with Crippen molar-refractivity contribution < 1.29 is 18.7 Å². The van der Waals surface area contributed by atoms with Crippen LogP contribution in [0.25, 0.3) is 5.88 Å². The first kappa shape index (κ1) is 19.8. The van der Waals surface area contributed by atoms with E-state index in [-0.39, 0.29) is 29.5 Å². The Balaban J connectivity index is 1.76.